The number of carbonyl (C=O) groups excluding carboxylic acids is 1. The zero-order valence-electron chi connectivity index (χ0n) is 11.8. The summed E-state index contributed by atoms with van der Waals surface area (Å²) in [6.07, 6.45) is 0.899. The van der Waals surface area contributed by atoms with Crippen molar-refractivity contribution in [1.82, 2.24) is 0 Å². The first-order valence-corrected chi connectivity index (χ1v) is 6.65. The fourth-order valence-electron chi connectivity index (χ4n) is 2.24. The molecule has 1 saturated heterocycles. The Balaban J connectivity index is 2.01. The molecule has 20 heavy (non-hydrogen) atoms. The molecule has 0 bridgehead atoms. The van der Waals surface area contributed by atoms with Crippen LogP contribution in [0.4, 0.5) is 0 Å². The van der Waals surface area contributed by atoms with E-state index in [0.717, 1.165) is 11.8 Å². The molecule has 1 aliphatic heterocycles. The molecule has 4 heteroatoms. The third kappa shape index (κ3) is 3.54. The summed E-state index contributed by atoms with van der Waals surface area (Å²) < 4.78 is 17.1. The van der Waals surface area contributed by atoms with Gasteiger partial charge in [-0.1, -0.05) is 36.4 Å². The Morgan fingerprint density at radius 3 is 2.65 bits per heavy atom. The molecular weight excluding hydrogens is 256 g/mol. The molecule has 0 radical (unpaired) electrons. The third-order valence-corrected chi connectivity index (χ3v) is 3.14. The maximum Gasteiger partial charge on any atom is 0.164 e. The molecule has 0 amide bonds. The Morgan fingerprint density at radius 2 is 2.05 bits per heavy atom. The summed E-state index contributed by atoms with van der Waals surface area (Å²) in [6.45, 7) is 7.75. The number of ether oxygens (including phenoxy) is 3. The minimum Gasteiger partial charge on any atom is -0.367 e. The molecule has 3 atom stereocenters. The summed E-state index contributed by atoms with van der Waals surface area (Å²) in [7, 11) is 0. The second-order valence-corrected chi connectivity index (χ2v) is 5.20. The van der Waals surface area contributed by atoms with Crippen molar-refractivity contribution >= 4 is 6.29 Å². The number of hydrogen-bond acceptors (Lipinski definition) is 4. The van der Waals surface area contributed by atoms with Gasteiger partial charge in [-0.25, -0.2) is 0 Å². The predicted molar refractivity (Wildman–Crippen MR) is 75.1 cm³/mol. The van der Waals surface area contributed by atoms with E-state index in [0.29, 0.717) is 6.61 Å². The summed E-state index contributed by atoms with van der Waals surface area (Å²) in [5, 5.41) is 0. The number of carbonyl (C=O) groups is 1. The molecule has 1 aromatic carbocycles. The van der Waals surface area contributed by atoms with Crippen molar-refractivity contribution < 1.29 is 19.0 Å². The Bertz CT molecular complexity index is 455. The standard InChI is InChI=1S/C16H20O4/c1-4-13(18-11-12-8-6-5-7-9-12)15-14(10-17)19-16(2,3)20-15/h4-10,13-15H,1,11H2,2-3H3/t13-,14-,15+/m1/s1. The molecule has 108 valence electrons. The highest BCUT2D eigenvalue weighted by Gasteiger charge is 2.44. The topological polar surface area (TPSA) is 44.8 Å². The van der Waals surface area contributed by atoms with Crippen LogP contribution in [0.2, 0.25) is 0 Å². The van der Waals surface area contributed by atoms with Crippen molar-refractivity contribution in [3.63, 3.8) is 0 Å². The molecule has 1 fully saturated rings. The summed E-state index contributed by atoms with van der Waals surface area (Å²) in [4.78, 5) is 11.1. The zero-order valence-corrected chi connectivity index (χ0v) is 11.8. The number of hydrogen-bond donors (Lipinski definition) is 0. The van der Waals surface area contributed by atoms with E-state index < -0.39 is 24.1 Å². The molecule has 0 spiro atoms. The molecule has 0 saturated carbocycles. The van der Waals surface area contributed by atoms with Crippen molar-refractivity contribution in [2.24, 2.45) is 0 Å². The predicted octanol–water partition coefficient (Wildman–Crippen LogP) is 2.48. The molecule has 0 aliphatic carbocycles. The quantitative estimate of drug-likeness (QED) is 0.591. The molecule has 1 aromatic rings. The van der Waals surface area contributed by atoms with Crippen LogP contribution < -0.4 is 0 Å². The molecule has 1 heterocycles. The van der Waals surface area contributed by atoms with Gasteiger partial charge in [0, 0.05) is 0 Å². The maximum atomic E-state index is 11.1. The molecule has 2 rings (SSSR count). The summed E-state index contributed by atoms with van der Waals surface area (Å²) >= 11 is 0. The lowest BCUT2D eigenvalue weighted by Gasteiger charge is -2.22. The monoisotopic (exact) mass is 276 g/mol. The van der Waals surface area contributed by atoms with E-state index in [-0.39, 0.29) is 0 Å². The van der Waals surface area contributed by atoms with Gasteiger partial charge < -0.3 is 19.0 Å². The average Bonchev–Trinajstić information content (AvgIpc) is 2.76. The van der Waals surface area contributed by atoms with E-state index in [1.54, 1.807) is 19.9 Å². The zero-order chi connectivity index (χ0) is 14.6. The van der Waals surface area contributed by atoms with Crippen molar-refractivity contribution in [2.75, 3.05) is 0 Å². The molecule has 0 aromatic heterocycles. The van der Waals surface area contributed by atoms with Crippen molar-refractivity contribution in [2.45, 2.75) is 44.6 Å². The van der Waals surface area contributed by atoms with E-state index in [1.807, 2.05) is 30.3 Å². The molecule has 4 nitrogen and oxygen atoms in total. The number of aldehydes is 1. The van der Waals surface area contributed by atoms with E-state index in [1.165, 1.54) is 0 Å². The lowest BCUT2D eigenvalue weighted by Crippen LogP contribution is -2.36. The van der Waals surface area contributed by atoms with Gasteiger partial charge in [-0.3, -0.25) is 0 Å². The fraction of sp³-hybridized carbons (Fsp3) is 0.438. The summed E-state index contributed by atoms with van der Waals surface area (Å²) in [6, 6.07) is 9.82. The van der Waals surface area contributed by atoms with Gasteiger partial charge in [0.25, 0.3) is 0 Å². The lowest BCUT2D eigenvalue weighted by molar-refractivity contribution is -0.157. The van der Waals surface area contributed by atoms with Crippen LogP contribution in [0.5, 0.6) is 0 Å². The van der Waals surface area contributed by atoms with Crippen LogP contribution in [-0.4, -0.2) is 30.4 Å². The van der Waals surface area contributed by atoms with E-state index in [4.69, 9.17) is 14.2 Å². The first-order chi connectivity index (χ1) is 9.55. The Morgan fingerprint density at radius 1 is 1.35 bits per heavy atom. The minimum absolute atomic E-state index is 0.396. The first-order valence-electron chi connectivity index (χ1n) is 6.65. The van der Waals surface area contributed by atoms with Crippen molar-refractivity contribution in [3.05, 3.63) is 48.6 Å². The van der Waals surface area contributed by atoms with Gasteiger partial charge in [0.15, 0.2) is 12.1 Å². The van der Waals surface area contributed by atoms with Crippen LogP contribution >= 0.6 is 0 Å². The number of rotatable bonds is 6. The normalized spacial score (nSPS) is 26.1. The maximum absolute atomic E-state index is 11.1. The van der Waals surface area contributed by atoms with Gasteiger partial charge in [-0.05, 0) is 19.4 Å². The van der Waals surface area contributed by atoms with Gasteiger partial charge in [0.2, 0.25) is 0 Å². The SMILES string of the molecule is C=C[C@@H](OCc1ccccc1)[C@@H]1OC(C)(C)O[C@@H]1C=O. The van der Waals surface area contributed by atoms with Crippen molar-refractivity contribution in [3.8, 4) is 0 Å². The highest BCUT2D eigenvalue weighted by atomic mass is 16.8. The third-order valence-electron chi connectivity index (χ3n) is 3.14. The van der Waals surface area contributed by atoms with Gasteiger partial charge in [-0.2, -0.15) is 0 Å². The molecule has 0 unspecified atom stereocenters. The van der Waals surface area contributed by atoms with Crippen LogP contribution in [0.25, 0.3) is 0 Å². The fourth-order valence-corrected chi connectivity index (χ4v) is 2.24. The first kappa shape index (κ1) is 14.9. The van der Waals surface area contributed by atoms with E-state index >= 15 is 0 Å². The van der Waals surface area contributed by atoms with E-state index in [2.05, 4.69) is 6.58 Å². The summed E-state index contributed by atoms with van der Waals surface area (Å²) in [5.74, 6) is -0.784. The Hall–Kier alpha value is -1.49. The highest BCUT2D eigenvalue weighted by Crippen LogP contribution is 2.30. The lowest BCUT2D eigenvalue weighted by atomic mass is 10.1. The van der Waals surface area contributed by atoms with Crippen LogP contribution in [0.1, 0.15) is 19.4 Å². The van der Waals surface area contributed by atoms with E-state index in [9.17, 15) is 4.79 Å². The van der Waals surface area contributed by atoms with Gasteiger partial charge >= 0.3 is 0 Å². The van der Waals surface area contributed by atoms with Crippen LogP contribution in [0, 0.1) is 0 Å². The van der Waals surface area contributed by atoms with Gasteiger partial charge in [0.05, 0.1) is 6.61 Å². The van der Waals surface area contributed by atoms with Crippen LogP contribution in [-0.2, 0) is 25.6 Å². The molecule has 0 N–H and O–H groups in total. The van der Waals surface area contributed by atoms with Gasteiger partial charge in [0.1, 0.15) is 18.3 Å². The number of benzene rings is 1. The summed E-state index contributed by atoms with van der Waals surface area (Å²) in [5.41, 5.74) is 1.06. The van der Waals surface area contributed by atoms with Crippen LogP contribution in [0.15, 0.2) is 43.0 Å². The Kier molecular flexibility index (Phi) is 4.70. The smallest absolute Gasteiger partial charge is 0.164 e. The van der Waals surface area contributed by atoms with Crippen molar-refractivity contribution in [1.29, 1.82) is 0 Å². The largest absolute Gasteiger partial charge is 0.367 e. The average molecular weight is 276 g/mol. The minimum atomic E-state index is -0.784. The van der Waals surface area contributed by atoms with Gasteiger partial charge in [-0.15, -0.1) is 6.58 Å². The second kappa shape index (κ2) is 6.31. The van der Waals surface area contributed by atoms with Crippen LogP contribution in [0.3, 0.4) is 0 Å². The molecular formula is C16H20O4. The second-order valence-electron chi connectivity index (χ2n) is 5.20. The molecule has 1 aliphatic rings. The Labute approximate surface area is 119 Å². The highest BCUT2D eigenvalue weighted by molar-refractivity contribution is 5.58.